The van der Waals surface area contributed by atoms with Gasteiger partial charge in [-0.1, -0.05) is 0 Å². The van der Waals surface area contributed by atoms with Crippen LogP contribution < -0.4 is 0 Å². The van der Waals surface area contributed by atoms with Crippen molar-refractivity contribution >= 4 is 29.7 Å². The molecular weight excluding hydrogens is 380 g/mol. The Morgan fingerprint density at radius 3 is 2.50 bits per heavy atom. The van der Waals surface area contributed by atoms with E-state index in [0.29, 0.717) is 25.3 Å². The average Bonchev–Trinajstić information content (AvgIpc) is 2.61. The molecule has 162 valence electrons. The van der Waals surface area contributed by atoms with Crippen LogP contribution in [0, 0.1) is 5.92 Å². The molecule has 0 saturated carbocycles. The normalized spacial score (nSPS) is 17.4. The van der Waals surface area contributed by atoms with E-state index in [4.69, 9.17) is 4.74 Å². The van der Waals surface area contributed by atoms with Gasteiger partial charge in [-0.25, -0.2) is 4.79 Å². The molecule has 1 unspecified atom stereocenters. The Kier molecular flexibility index (Phi) is 10.1. The first kappa shape index (κ1) is 24.6. The fourth-order valence-corrected chi connectivity index (χ4v) is 3.82. The maximum absolute atomic E-state index is 12.5. The van der Waals surface area contributed by atoms with Gasteiger partial charge in [0.1, 0.15) is 5.60 Å². The number of amides is 2. The summed E-state index contributed by atoms with van der Waals surface area (Å²) in [6, 6.07) is 0.0376. The average molecular weight is 417 g/mol. The molecule has 0 aromatic rings. The number of methoxy groups -OCH3 is 1. The lowest BCUT2D eigenvalue weighted by Crippen LogP contribution is -2.48. The van der Waals surface area contributed by atoms with Gasteiger partial charge in [-0.05, 0) is 53.4 Å². The Balaban J connectivity index is 2.52. The van der Waals surface area contributed by atoms with Crippen LogP contribution in [0.15, 0.2) is 0 Å². The van der Waals surface area contributed by atoms with Crippen LogP contribution in [0.4, 0.5) is 4.79 Å². The molecule has 0 radical (unpaired) electrons. The van der Waals surface area contributed by atoms with Gasteiger partial charge >= 0.3 is 12.1 Å². The minimum atomic E-state index is -0.527. The number of piperidine rings is 1. The number of likely N-dealkylation sites (tertiary alicyclic amines) is 1. The fraction of sp³-hybridized carbons (Fsp3) is 0.850. The highest BCUT2D eigenvalue weighted by atomic mass is 32.2. The SMILES string of the molecule is COC(=O)CSCCC(=O)N1CCCC(CN(C(=O)OC(C)(C)C)C(C)C)C1. The minimum absolute atomic E-state index is 0.0376. The Morgan fingerprint density at radius 2 is 1.93 bits per heavy atom. The second-order valence-corrected chi connectivity index (χ2v) is 9.56. The van der Waals surface area contributed by atoms with Crippen molar-refractivity contribution in [2.24, 2.45) is 5.92 Å². The van der Waals surface area contributed by atoms with Gasteiger partial charge in [-0.15, -0.1) is 11.8 Å². The van der Waals surface area contributed by atoms with Crippen LogP contribution in [0.2, 0.25) is 0 Å². The van der Waals surface area contributed by atoms with Crippen LogP contribution in [0.1, 0.15) is 53.9 Å². The number of ether oxygens (including phenoxy) is 2. The quantitative estimate of drug-likeness (QED) is 0.447. The van der Waals surface area contributed by atoms with E-state index < -0.39 is 5.60 Å². The number of thioether (sulfide) groups is 1. The summed E-state index contributed by atoms with van der Waals surface area (Å²) in [6.07, 6.45) is 2.04. The third-order valence-corrected chi connectivity index (χ3v) is 5.42. The molecule has 1 rings (SSSR count). The van der Waals surface area contributed by atoms with Crippen LogP contribution in [-0.2, 0) is 19.1 Å². The maximum atomic E-state index is 12.5. The van der Waals surface area contributed by atoms with Crippen molar-refractivity contribution in [3.05, 3.63) is 0 Å². The van der Waals surface area contributed by atoms with Crippen LogP contribution in [0.5, 0.6) is 0 Å². The number of carbonyl (C=O) groups is 3. The number of esters is 1. The largest absolute Gasteiger partial charge is 0.468 e. The van der Waals surface area contributed by atoms with E-state index in [2.05, 4.69) is 4.74 Å². The van der Waals surface area contributed by atoms with Gasteiger partial charge in [0.2, 0.25) is 5.91 Å². The van der Waals surface area contributed by atoms with Gasteiger partial charge < -0.3 is 19.3 Å². The molecule has 8 heteroatoms. The highest BCUT2D eigenvalue weighted by molar-refractivity contribution is 7.99. The Bertz CT molecular complexity index is 533. The molecule has 0 aliphatic carbocycles. The predicted molar refractivity (Wildman–Crippen MR) is 111 cm³/mol. The third-order valence-electron chi connectivity index (χ3n) is 4.49. The zero-order chi connectivity index (χ0) is 21.3. The molecule has 1 heterocycles. The first-order valence-electron chi connectivity index (χ1n) is 9.95. The smallest absolute Gasteiger partial charge is 0.410 e. The zero-order valence-electron chi connectivity index (χ0n) is 18.2. The lowest BCUT2D eigenvalue weighted by atomic mass is 9.96. The summed E-state index contributed by atoms with van der Waals surface area (Å²) in [7, 11) is 1.36. The Morgan fingerprint density at radius 1 is 1.25 bits per heavy atom. The van der Waals surface area contributed by atoms with Crippen molar-refractivity contribution in [1.82, 2.24) is 9.80 Å². The lowest BCUT2D eigenvalue weighted by molar-refractivity contribution is -0.137. The van der Waals surface area contributed by atoms with Crippen molar-refractivity contribution < 1.29 is 23.9 Å². The summed E-state index contributed by atoms with van der Waals surface area (Å²) in [5.74, 6) is 0.953. The first-order valence-corrected chi connectivity index (χ1v) is 11.1. The Hall–Kier alpha value is -1.44. The first-order chi connectivity index (χ1) is 13.0. The van der Waals surface area contributed by atoms with E-state index in [0.717, 1.165) is 19.4 Å². The van der Waals surface area contributed by atoms with E-state index in [-0.39, 0.29) is 35.7 Å². The third kappa shape index (κ3) is 9.17. The van der Waals surface area contributed by atoms with Gasteiger partial charge in [0.05, 0.1) is 12.9 Å². The second-order valence-electron chi connectivity index (χ2n) is 8.45. The van der Waals surface area contributed by atoms with Crippen LogP contribution in [0.25, 0.3) is 0 Å². The van der Waals surface area contributed by atoms with E-state index >= 15 is 0 Å². The van der Waals surface area contributed by atoms with Crippen molar-refractivity contribution in [3.63, 3.8) is 0 Å². The molecule has 0 N–H and O–H groups in total. The van der Waals surface area contributed by atoms with E-state index in [9.17, 15) is 14.4 Å². The van der Waals surface area contributed by atoms with Crippen LogP contribution in [-0.4, -0.2) is 77.7 Å². The highest BCUT2D eigenvalue weighted by Crippen LogP contribution is 2.21. The second kappa shape index (κ2) is 11.5. The number of rotatable bonds is 8. The molecule has 1 aliphatic rings. The van der Waals surface area contributed by atoms with Gasteiger partial charge in [-0.3, -0.25) is 9.59 Å². The Labute approximate surface area is 173 Å². The van der Waals surface area contributed by atoms with Crippen LogP contribution in [0.3, 0.4) is 0 Å². The van der Waals surface area contributed by atoms with Crippen molar-refractivity contribution in [3.8, 4) is 0 Å². The lowest BCUT2D eigenvalue weighted by Gasteiger charge is -2.37. The number of carbonyl (C=O) groups excluding carboxylic acids is 3. The molecule has 2 amide bonds. The highest BCUT2D eigenvalue weighted by Gasteiger charge is 2.30. The molecule has 0 aromatic carbocycles. The monoisotopic (exact) mass is 416 g/mol. The summed E-state index contributed by atoms with van der Waals surface area (Å²) in [5.41, 5.74) is -0.527. The summed E-state index contributed by atoms with van der Waals surface area (Å²) in [4.78, 5) is 39.8. The standard InChI is InChI=1S/C20H36N2O5S/c1-15(2)22(19(25)27-20(3,4)5)13-16-8-7-10-21(12-16)17(23)9-11-28-14-18(24)26-6/h15-16H,7-14H2,1-6H3. The van der Waals surface area contributed by atoms with E-state index in [1.807, 2.05) is 39.5 Å². The summed E-state index contributed by atoms with van der Waals surface area (Å²) in [6.45, 7) is 11.6. The summed E-state index contributed by atoms with van der Waals surface area (Å²) >= 11 is 1.41. The van der Waals surface area contributed by atoms with Gasteiger partial charge in [-0.2, -0.15) is 0 Å². The van der Waals surface area contributed by atoms with Crippen molar-refractivity contribution in [1.29, 1.82) is 0 Å². The molecule has 28 heavy (non-hydrogen) atoms. The molecule has 0 aromatic heterocycles. The summed E-state index contributed by atoms with van der Waals surface area (Å²) < 4.78 is 10.1. The molecule has 1 aliphatic heterocycles. The molecule has 1 atom stereocenters. The molecule has 7 nitrogen and oxygen atoms in total. The predicted octanol–water partition coefficient (Wildman–Crippen LogP) is 3.17. The van der Waals surface area contributed by atoms with Gasteiger partial charge in [0.25, 0.3) is 0 Å². The molecule has 0 spiro atoms. The molecule has 1 fully saturated rings. The molecular formula is C20H36N2O5S. The topological polar surface area (TPSA) is 76.2 Å². The van der Waals surface area contributed by atoms with Crippen molar-refractivity contribution in [2.45, 2.75) is 65.5 Å². The maximum Gasteiger partial charge on any atom is 0.410 e. The minimum Gasteiger partial charge on any atom is -0.468 e. The van der Waals surface area contributed by atoms with Gasteiger partial charge in [0, 0.05) is 37.8 Å². The van der Waals surface area contributed by atoms with Gasteiger partial charge in [0.15, 0.2) is 0 Å². The molecule has 1 saturated heterocycles. The summed E-state index contributed by atoms with van der Waals surface area (Å²) in [5, 5.41) is 0. The number of hydrogen-bond donors (Lipinski definition) is 0. The van der Waals surface area contributed by atoms with E-state index in [1.54, 1.807) is 4.90 Å². The van der Waals surface area contributed by atoms with Crippen molar-refractivity contribution in [2.75, 3.05) is 38.2 Å². The number of hydrogen-bond acceptors (Lipinski definition) is 6. The van der Waals surface area contributed by atoms with E-state index in [1.165, 1.54) is 18.9 Å². The number of nitrogens with zero attached hydrogens (tertiary/aromatic N) is 2. The van der Waals surface area contributed by atoms with Crippen LogP contribution >= 0.6 is 11.8 Å². The zero-order valence-corrected chi connectivity index (χ0v) is 19.0. The fourth-order valence-electron chi connectivity index (χ4n) is 3.07. The molecule has 0 bridgehead atoms.